The van der Waals surface area contributed by atoms with E-state index in [9.17, 15) is 9.50 Å². The van der Waals surface area contributed by atoms with Crippen LogP contribution in [0.5, 0.6) is 0 Å². The van der Waals surface area contributed by atoms with Gasteiger partial charge in [-0.2, -0.15) is 5.10 Å². The van der Waals surface area contributed by atoms with Crippen LogP contribution < -0.4 is 4.90 Å². The molecule has 0 bridgehead atoms. The maximum Gasteiger partial charge on any atom is 0.226 e. The Morgan fingerprint density at radius 3 is 2.68 bits per heavy atom. The largest absolute Gasteiger partial charge is 0.374 e. The van der Waals surface area contributed by atoms with E-state index < -0.39 is 6.23 Å². The monoisotopic (exact) mass is 422 g/mol. The SMILES string of the molecule is Cc1cc(C)nc(N2CC3CCN(C(O)c4cc(F)ccc4-c4ccn[nH]4)CC32C)n1. The zero-order valence-electron chi connectivity index (χ0n) is 18.0. The number of fused-ring (bicyclic) bond motifs is 1. The average molecular weight is 423 g/mol. The third kappa shape index (κ3) is 3.40. The van der Waals surface area contributed by atoms with Crippen LogP contribution in [0, 0.1) is 25.6 Å². The van der Waals surface area contributed by atoms with Crippen LogP contribution in [-0.2, 0) is 0 Å². The van der Waals surface area contributed by atoms with Gasteiger partial charge in [-0.1, -0.05) is 0 Å². The first-order valence-electron chi connectivity index (χ1n) is 10.7. The predicted octanol–water partition coefficient (Wildman–Crippen LogP) is 3.21. The molecule has 2 aliphatic rings. The van der Waals surface area contributed by atoms with E-state index in [0.717, 1.165) is 48.1 Å². The van der Waals surface area contributed by atoms with Gasteiger partial charge >= 0.3 is 0 Å². The van der Waals surface area contributed by atoms with Crippen molar-refractivity contribution in [3.05, 3.63) is 59.3 Å². The third-order valence-electron chi connectivity index (χ3n) is 6.83. The number of halogens is 1. The van der Waals surface area contributed by atoms with Gasteiger partial charge in [-0.05, 0) is 57.5 Å². The second-order valence-corrected chi connectivity index (χ2v) is 8.95. The Bertz CT molecular complexity index is 1080. The lowest BCUT2D eigenvalue weighted by molar-refractivity contribution is -0.0608. The number of benzene rings is 1. The van der Waals surface area contributed by atoms with Crippen LogP contribution in [0.25, 0.3) is 11.3 Å². The molecule has 5 rings (SSSR count). The van der Waals surface area contributed by atoms with Crippen LogP contribution in [0.15, 0.2) is 36.5 Å². The standard InChI is InChI=1S/C23H27FN6O/c1-14-10-15(2)27-22(26-14)30-12-16-7-9-29(13-23(16,30)3)21(31)19-11-17(24)4-5-18(19)20-6-8-25-28-20/h4-6,8,10-11,16,21,31H,7,9,12-13H2,1-3H3,(H,25,28). The highest BCUT2D eigenvalue weighted by molar-refractivity contribution is 5.63. The maximum atomic E-state index is 14.1. The molecule has 2 N–H and O–H groups in total. The summed E-state index contributed by atoms with van der Waals surface area (Å²) < 4.78 is 14.1. The highest BCUT2D eigenvalue weighted by Crippen LogP contribution is 2.46. The molecule has 2 fully saturated rings. The second-order valence-electron chi connectivity index (χ2n) is 8.95. The van der Waals surface area contributed by atoms with Crippen molar-refractivity contribution in [2.75, 3.05) is 24.5 Å². The lowest BCUT2D eigenvalue weighted by atomic mass is 9.70. The number of anilines is 1. The number of aryl methyl sites for hydroxylation is 2. The molecule has 0 aliphatic carbocycles. The van der Waals surface area contributed by atoms with Gasteiger partial charge in [0, 0.05) is 54.3 Å². The molecule has 7 nitrogen and oxygen atoms in total. The van der Waals surface area contributed by atoms with Crippen molar-refractivity contribution in [3.63, 3.8) is 0 Å². The molecule has 31 heavy (non-hydrogen) atoms. The molecule has 3 unspecified atom stereocenters. The first kappa shape index (κ1) is 20.1. The minimum absolute atomic E-state index is 0.180. The smallest absolute Gasteiger partial charge is 0.226 e. The summed E-state index contributed by atoms with van der Waals surface area (Å²) in [5.41, 5.74) is 3.77. The Kier molecular flexibility index (Phi) is 4.79. The molecule has 3 aromatic rings. The van der Waals surface area contributed by atoms with Crippen molar-refractivity contribution < 1.29 is 9.50 Å². The Morgan fingerprint density at radius 1 is 1.19 bits per heavy atom. The van der Waals surface area contributed by atoms with Crippen LogP contribution in [0.4, 0.5) is 10.3 Å². The maximum absolute atomic E-state index is 14.1. The minimum atomic E-state index is -0.922. The first-order valence-corrected chi connectivity index (χ1v) is 10.7. The number of piperidine rings is 1. The summed E-state index contributed by atoms with van der Waals surface area (Å²) >= 11 is 0. The molecule has 0 saturated carbocycles. The highest BCUT2D eigenvalue weighted by atomic mass is 19.1. The topological polar surface area (TPSA) is 81.2 Å². The number of aliphatic hydroxyl groups excluding tert-OH is 1. The zero-order chi connectivity index (χ0) is 21.8. The number of hydrogen-bond acceptors (Lipinski definition) is 6. The summed E-state index contributed by atoms with van der Waals surface area (Å²) in [6.07, 6.45) is 1.69. The van der Waals surface area contributed by atoms with E-state index in [1.54, 1.807) is 12.3 Å². The van der Waals surface area contributed by atoms with Gasteiger partial charge in [0.25, 0.3) is 0 Å². The molecule has 2 aromatic heterocycles. The number of aromatic amines is 1. The third-order valence-corrected chi connectivity index (χ3v) is 6.83. The van der Waals surface area contributed by atoms with Gasteiger partial charge < -0.3 is 10.0 Å². The fourth-order valence-electron chi connectivity index (χ4n) is 5.10. The number of hydrogen-bond donors (Lipinski definition) is 2. The highest BCUT2D eigenvalue weighted by Gasteiger charge is 2.54. The minimum Gasteiger partial charge on any atom is -0.374 e. The lowest BCUT2D eigenvalue weighted by Crippen LogP contribution is -2.73. The van der Waals surface area contributed by atoms with Crippen molar-refractivity contribution in [1.82, 2.24) is 25.1 Å². The van der Waals surface area contributed by atoms with Crippen molar-refractivity contribution >= 4 is 5.95 Å². The molecular formula is C23H27FN6O. The lowest BCUT2D eigenvalue weighted by Gasteiger charge is -2.62. The van der Waals surface area contributed by atoms with Gasteiger partial charge in [-0.25, -0.2) is 14.4 Å². The Labute approximate surface area is 180 Å². The van der Waals surface area contributed by atoms with E-state index >= 15 is 0 Å². The summed E-state index contributed by atoms with van der Waals surface area (Å²) in [6, 6.07) is 8.31. The number of aliphatic hydroxyl groups is 1. The van der Waals surface area contributed by atoms with Crippen molar-refractivity contribution in [2.45, 2.75) is 39.0 Å². The van der Waals surface area contributed by atoms with E-state index in [2.05, 4.69) is 32.0 Å². The molecule has 3 atom stereocenters. The fraction of sp³-hybridized carbons (Fsp3) is 0.435. The molecule has 4 heterocycles. The van der Waals surface area contributed by atoms with Crippen LogP contribution in [0.3, 0.4) is 0 Å². The number of nitrogens with zero attached hydrogens (tertiary/aromatic N) is 5. The van der Waals surface area contributed by atoms with E-state index in [-0.39, 0.29) is 11.4 Å². The average Bonchev–Trinajstić information content (AvgIpc) is 3.24. The van der Waals surface area contributed by atoms with Gasteiger partial charge in [0.1, 0.15) is 12.0 Å². The van der Waals surface area contributed by atoms with E-state index in [4.69, 9.17) is 0 Å². The Morgan fingerprint density at radius 2 is 1.97 bits per heavy atom. The number of likely N-dealkylation sites (tertiary alicyclic amines) is 1. The summed E-state index contributed by atoms with van der Waals surface area (Å²) in [7, 11) is 0. The zero-order valence-corrected chi connectivity index (χ0v) is 18.0. The first-order chi connectivity index (χ1) is 14.8. The Hall–Kier alpha value is -2.84. The molecule has 0 amide bonds. The van der Waals surface area contributed by atoms with E-state index in [0.29, 0.717) is 18.0 Å². The fourth-order valence-corrected chi connectivity index (χ4v) is 5.10. The van der Waals surface area contributed by atoms with Crippen LogP contribution in [0.1, 0.15) is 36.5 Å². The summed E-state index contributed by atoms with van der Waals surface area (Å²) in [4.78, 5) is 13.6. The molecule has 162 valence electrons. The van der Waals surface area contributed by atoms with Crippen LogP contribution in [0.2, 0.25) is 0 Å². The molecule has 0 radical (unpaired) electrons. The van der Waals surface area contributed by atoms with E-state index in [1.807, 2.05) is 30.9 Å². The van der Waals surface area contributed by atoms with Crippen molar-refractivity contribution in [2.24, 2.45) is 5.92 Å². The number of aromatic nitrogens is 4. The van der Waals surface area contributed by atoms with E-state index in [1.165, 1.54) is 12.1 Å². The molecule has 2 aliphatic heterocycles. The summed E-state index contributed by atoms with van der Waals surface area (Å²) in [5.74, 6) is 0.892. The van der Waals surface area contributed by atoms with Gasteiger partial charge in [-0.15, -0.1) is 0 Å². The van der Waals surface area contributed by atoms with Gasteiger partial charge in [-0.3, -0.25) is 10.00 Å². The second kappa shape index (κ2) is 7.39. The normalized spacial score (nSPS) is 24.5. The predicted molar refractivity (Wildman–Crippen MR) is 116 cm³/mol. The van der Waals surface area contributed by atoms with Gasteiger partial charge in [0.05, 0.1) is 11.2 Å². The molecule has 2 saturated heterocycles. The van der Waals surface area contributed by atoms with Gasteiger partial charge in [0.15, 0.2) is 0 Å². The van der Waals surface area contributed by atoms with Crippen molar-refractivity contribution in [1.29, 1.82) is 0 Å². The number of nitrogens with one attached hydrogen (secondary N) is 1. The molecule has 8 heteroatoms. The Balaban J connectivity index is 1.43. The van der Waals surface area contributed by atoms with Crippen molar-refractivity contribution in [3.8, 4) is 11.3 Å². The molecule has 0 spiro atoms. The van der Waals surface area contributed by atoms with Crippen LogP contribution >= 0.6 is 0 Å². The summed E-state index contributed by atoms with van der Waals surface area (Å²) in [6.45, 7) is 8.49. The molecular weight excluding hydrogens is 395 g/mol. The number of H-pyrrole nitrogens is 1. The number of rotatable bonds is 4. The molecule has 1 aromatic carbocycles. The van der Waals surface area contributed by atoms with Gasteiger partial charge in [0.2, 0.25) is 5.95 Å². The summed E-state index contributed by atoms with van der Waals surface area (Å²) in [5, 5.41) is 18.2. The quantitative estimate of drug-likeness (QED) is 0.672. The van der Waals surface area contributed by atoms with Crippen LogP contribution in [-0.4, -0.2) is 55.3 Å².